The minimum absolute atomic E-state index is 0.0621. The highest BCUT2D eigenvalue weighted by atomic mass is 19.1. The number of amides is 2. The summed E-state index contributed by atoms with van der Waals surface area (Å²) in [5.74, 6) is -2.33. The molecule has 1 aliphatic heterocycles. The number of halogens is 1. The molecule has 7 heteroatoms. The lowest BCUT2D eigenvalue weighted by Gasteiger charge is -2.30. The summed E-state index contributed by atoms with van der Waals surface area (Å²) in [6.45, 7) is 0. The fourth-order valence-corrected chi connectivity index (χ4v) is 4.01. The lowest BCUT2D eigenvalue weighted by Crippen LogP contribution is -2.42. The Bertz CT molecular complexity index is 698. The molecule has 0 radical (unpaired) electrons. The fraction of sp³-hybridized carbons (Fsp3) is 0.526. The van der Waals surface area contributed by atoms with E-state index >= 15 is 0 Å². The first-order chi connectivity index (χ1) is 12.4. The van der Waals surface area contributed by atoms with Crippen molar-refractivity contribution in [1.29, 1.82) is 0 Å². The number of aliphatic carboxylic acids is 1. The van der Waals surface area contributed by atoms with Crippen LogP contribution in [0.4, 0.5) is 4.39 Å². The molecule has 2 aliphatic rings. The molecule has 6 nitrogen and oxygen atoms in total. The number of hydrogen-bond acceptors (Lipinski definition) is 3. The first-order valence-corrected chi connectivity index (χ1v) is 8.91. The first kappa shape index (κ1) is 18.4. The molecule has 26 heavy (non-hydrogen) atoms. The van der Waals surface area contributed by atoms with Gasteiger partial charge in [0, 0.05) is 19.5 Å². The zero-order valence-corrected chi connectivity index (χ0v) is 14.7. The van der Waals surface area contributed by atoms with Crippen LogP contribution in [0.1, 0.15) is 43.7 Å². The predicted molar refractivity (Wildman–Crippen MR) is 91.5 cm³/mol. The van der Waals surface area contributed by atoms with E-state index in [9.17, 15) is 18.8 Å². The molecule has 2 unspecified atom stereocenters. The maximum Gasteiger partial charge on any atom is 0.306 e. The molecule has 2 N–H and O–H groups in total. The van der Waals surface area contributed by atoms with Crippen LogP contribution in [0.5, 0.6) is 0 Å². The van der Waals surface area contributed by atoms with Gasteiger partial charge in [-0.3, -0.25) is 14.4 Å². The second-order valence-electron chi connectivity index (χ2n) is 7.21. The maximum absolute atomic E-state index is 13.2. The number of nitrogens with one attached hydrogen (secondary N) is 1. The molecule has 1 aromatic carbocycles. The average Bonchev–Trinajstić information content (AvgIpc) is 2.91. The molecular weight excluding hydrogens is 339 g/mol. The summed E-state index contributed by atoms with van der Waals surface area (Å²) in [6, 6.07) is 5.38. The molecule has 0 spiro atoms. The van der Waals surface area contributed by atoms with Crippen molar-refractivity contribution in [3.63, 3.8) is 0 Å². The van der Waals surface area contributed by atoms with Gasteiger partial charge >= 0.3 is 5.97 Å². The number of carboxylic acids is 1. The van der Waals surface area contributed by atoms with E-state index in [2.05, 4.69) is 5.32 Å². The van der Waals surface area contributed by atoms with E-state index in [1.54, 1.807) is 24.1 Å². The van der Waals surface area contributed by atoms with Gasteiger partial charge in [-0.25, -0.2) is 4.39 Å². The molecule has 1 saturated heterocycles. The number of carbonyl (C=O) groups excluding carboxylic acids is 2. The van der Waals surface area contributed by atoms with Crippen molar-refractivity contribution in [3.05, 3.63) is 35.6 Å². The Morgan fingerprint density at radius 3 is 2.35 bits per heavy atom. The Morgan fingerprint density at radius 2 is 1.77 bits per heavy atom. The number of carboxylic acid groups (broad SMARTS) is 1. The highest BCUT2D eigenvalue weighted by Gasteiger charge is 2.43. The van der Waals surface area contributed by atoms with Crippen LogP contribution in [0.2, 0.25) is 0 Å². The minimum atomic E-state index is -0.783. The van der Waals surface area contributed by atoms with Crippen LogP contribution in [0.3, 0.4) is 0 Å². The van der Waals surface area contributed by atoms with Crippen molar-refractivity contribution < 1.29 is 23.9 Å². The molecule has 2 amide bonds. The smallest absolute Gasteiger partial charge is 0.306 e. The van der Waals surface area contributed by atoms with E-state index in [1.807, 2.05) is 0 Å². The van der Waals surface area contributed by atoms with Gasteiger partial charge in [0.15, 0.2) is 0 Å². The zero-order chi connectivity index (χ0) is 18.8. The Labute approximate surface area is 151 Å². The molecule has 2 atom stereocenters. The van der Waals surface area contributed by atoms with Gasteiger partial charge in [0.05, 0.1) is 17.9 Å². The Morgan fingerprint density at radius 1 is 1.15 bits per heavy atom. The highest BCUT2D eigenvalue weighted by Crippen LogP contribution is 2.37. The van der Waals surface area contributed by atoms with E-state index in [0.29, 0.717) is 25.7 Å². The van der Waals surface area contributed by atoms with Crippen molar-refractivity contribution in [2.75, 3.05) is 7.05 Å². The van der Waals surface area contributed by atoms with E-state index in [0.717, 1.165) is 5.56 Å². The monoisotopic (exact) mass is 362 g/mol. The molecule has 3 rings (SSSR count). The summed E-state index contributed by atoms with van der Waals surface area (Å²) in [6.07, 6.45) is 2.46. The molecule has 1 heterocycles. The van der Waals surface area contributed by atoms with Gasteiger partial charge in [0.25, 0.3) is 0 Å². The SMILES string of the molecule is CN1C(=O)CC(C(=O)NC2CCC(C(=O)O)CC2)C1c1ccc(F)cc1. The van der Waals surface area contributed by atoms with Gasteiger partial charge in [-0.2, -0.15) is 0 Å². The normalized spacial score (nSPS) is 28.8. The Balaban J connectivity index is 1.68. The minimum Gasteiger partial charge on any atom is -0.481 e. The summed E-state index contributed by atoms with van der Waals surface area (Å²) in [5, 5.41) is 12.0. The van der Waals surface area contributed by atoms with E-state index in [-0.39, 0.29) is 36.0 Å². The molecule has 140 valence electrons. The van der Waals surface area contributed by atoms with Gasteiger partial charge in [0.2, 0.25) is 11.8 Å². The largest absolute Gasteiger partial charge is 0.481 e. The maximum atomic E-state index is 13.2. The van der Waals surface area contributed by atoms with Gasteiger partial charge in [-0.15, -0.1) is 0 Å². The molecular formula is C19H23FN2O4. The third kappa shape index (κ3) is 3.71. The van der Waals surface area contributed by atoms with Gasteiger partial charge < -0.3 is 15.3 Å². The summed E-state index contributed by atoms with van der Waals surface area (Å²) in [7, 11) is 1.65. The van der Waals surface area contributed by atoms with Crippen LogP contribution in [0, 0.1) is 17.7 Å². The van der Waals surface area contributed by atoms with E-state index in [4.69, 9.17) is 5.11 Å². The number of carbonyl (C=O) groups is 3. The van der Waals surface area contributed by atoms with Crippen LogP contribution >= 0.6 is 0 Å². The molecule has 0 bridgehead atoms. The van der Waals surface area contributed by atoms with Crippen LogP contribution < -0.4 is 5.32 Å². The standard InChI is InChI=1S/C19H23FN2O4/c1-22-16(23)10-15(17(22)11-2-6-13(20)7-3-11)18(24)21-14-8-4-12(5-9-14)19(25)26/h2-3,6-7,12,14-15,17H,4-5,8-10H2,1H3,(H,21,24)(H,25,26). The van der Waals surface area contributed by atoms with E-state index in [1.165, 1.54) is 12.1 Å². The van der Waals surface area contributed by atoms with Crippen LogP contribution in [-0.4, -0.2) is 40.9 Å². The number of rotatable bonds is 4. The Kier molecular flexibility index (Phi) is 5.25. The van der Waals surface area contributed by atoms with Crippen molar-refractivity contribution >= 4 is 17.8 Å². The van der Waals surface area contributed by atoms with Crippen LogP contribution in [0.15, 0.2) is 24.3 Å². The van der Waals surface area contributed by atoms with Crippen LogP contribution in [0.25, 0.3) is 0 Å². The second kappa shape index (κ2) is 7.43. The summed E-state index contributed by atoms with van der Waals surface area (Å²) in [4.78, 5) is 37.5. The molecule has 1 aliphatic carbocycles. The third-order valence-electron chi connectivity index (χ3n) is 5.56. The van der Waals surface area contributed by atoms with Crippen molar-refractivity contribution in [2.24, 2.45) is 11.8 Å². The quantitative estimate of drug-likeness (QED) is 0.859. The number of likely N-dealkylation sites (tertiary alicyclic amines) is 1. The number of hydrogen-bond donors (Lipinski definition) is 2. The molecule has 1 aromatic rings. The molecule has 1 saturated carbocycles. The zero-order valence-electron chi connectivity index (χ0n) is 14.7. The second-order valence-corrected chi connectivity index (χ2v) is 7.21. The van der Waals surface area contributed by atoms with E-state index < -0.39 is 17.9 Å². The predicted octanol–water partition coefficient (Wildman–Crippen LogP) is 2.10. The highest BCUT2D eigenvalue weighted by molar-refractivity contribution is 5.90. The lowest BCUT2D eigenvalue weighted by atomic mass is 9.85. The number of nitrogens with zero attached hydrogens (tertiary/aromatic N) is 1. The van der Waals surface area contributed by atoms with Crippen molar-refractivity contribution in [1.82, 2.24) is 10.2 Å². The van der Waals surface area contributed by atoms with Gasteiger partial charge in [-0.1, -0.05) is 12.1 Å². The molecule has 2 fully saturated rings. The number of benzene rings is 1. The summed E-state index contributed by atoms with van der Waals surface area (Å²) >= 11 is 0. The van der Waals surface area contributed by atoms with Crippen molar-refractivity contribution in [2.45, 2.75) is 44.2 Å². The fourth-order valence-electron chi connectivity index (χ4n) is 4.01. The summed E-state index contributed by atoms with van der Waals surface area (Å²) < 4.78 is 13.2. The van der Waals surface area contributed by atoms with Crippen LogP contribution in [-0.2, 0) is 14.4 Å². The first-order valence-electron chi connectivity index (χ1n) is 8.91. The average molecular weight is 362 g/mol. The third-order valence-corrected chi connectivity index (χ3v) is 5.56. The molecule has 0 aromatic heterocycles. The summed E-state index contributed by atoms with van der Waals surface area (Å²) in [5.41, 5.74) is 0.731. The van der Waals surface area contributed by atoms with Gasteiger partial charge in [-0.05, 0) is 43.4 Å². The lowest BCUT2D eigenvalue weighted by molar-refractivity contribution is -0.143. The topological polar surface area (TPSA) is 86.7 Å². The Hall–Kier alpha value is -2.44. The van der Waals surface area contributed by atoms with Crippen molar-refractivity contribution in [3.8, 4) is 0 Å². The van der Waals surface area contributed by atoms with Gasteiger partial charge in [0.1, 0.15) is 5.82 Å².